The summed E-state index contributed by atoms with van der Waals surface area (Å²) in [5.41, 5.74) is 6.26. The van der Waals surface area contributed by atoms with E-state index in [1.165, 1.54) is 13.1 Å². The Morgan fingerprint density at radius 2 is 2.05 bits per heavy atom. The van der Waals surface area contributed by atoms with E-state index >= 15 is 0 Å². The number of aryl methyl sites for hydroxylation is 1. The zero-order valence-electron chi connectivity index (χ0n) is 21.5. The second-order valence-corrected chi connectivity index (χ2v) is 10.4. The monoisotopic (exact) mass is 582 g/mol. The molecule has 14 heteroatoms. The lowest BCUT2D eigenvalue weighted by molar-refractivity contribution is -0.118. The van der Waals surface area contributed by atoms with E-state index in [1.807, 2.05) is 0 Å². The first kappa shape index (κ1) is 26.7. The van der Waals surface area contributed by atoms with Crippen LogP contribution in [0, 0.1) is 24.6 Å². The van der Waals surface area contributed by atoms with Crippen LogP contribution in [0.3, 0.4) is 0 Å². The number of pyridine rings is 1. The van der Waals surface area contributed by atoms with Crippen molar-refractivity contribution in [1.29, 1.82) is 0 Å². The van der Waals surface area contributed by atoms with Crippen LogP contribution < -0.4 is 16.0 Å². The number of piperidine rings is 1. The van der Waals surface area contributed by atoms with Gasteiger partial charge in [-0.25, -0.2) is 23.1 Å². The van der Waals surface area contributed by atoms with Crippen LogP contribution in [-0.4, -0.2) is 43.1 Å². The van der Waals surface area contributed by atoms with E-state index in [1.54, 1.807) is 28.0 Å². The molecule has 6 rings (SSSR count). The summed E-state index contributed by atoms with van der Waals surface area (Å²) in [6.07, 6.45) is 3.64. The van der Waals surface area contributed by atoms with Crippen molar-refractivity contribution in [1.82, 2.24) is 24.7 Å². The molecule has 0 radical (unpaired) electrons. The van der Waals surface area contributed by atoms with Gasteiger partial charge in [0.15, 0.2) is 11.6 Å². The van der Waals surface area contributed by atoms with E-state index in [0.29, 0.717) is 29.7 Å². The van der Waals surface area contributed by atoms with E-state index in [0.717, 1.165) is 30.3 Å². The van der Waals surface area contributed by atoms with Gasteiger partial charge >= 0.3 is 0 Å². The lowest BCUT2D eigenvalue weighted by atomic mass is 10.0. The molecule has 3 aromatic heterocycles. The molecule has 0 spiro atoms. The molecule has 1 aromatic carbocycles. The fourth-order valence-corrected chi connectivity index (χ4v) is 5.14. The van der Waals surface area contributed by atoms with Gasteiger partial charge in [0, 0.05) is 36.0 Å². The minimum absolute atomic E-state index is 0.0621. The van der Waals surface area contributed by atoms with Crippen LogP contribution >= 0.6 is 11.6 Å². The number of hydrogen-bond donors (Lipinski definition) is 2. The van der Waals surface area contributed by atoms with Gasteiger partial charge in [-0.1, -0.05) is 17.7 Å². The molecular formula is C27H22ClF3N8O2. The predicted octanol–water partition coefficient (Wildman–Crippen LogP) is 4.64. The highest BCUT2D eigenvalue weighted by Gasteiger charge is 2.53. The molecule has 1 aliphatic carbocycles. The molecule has 4 aromatic rings. The number of anilines is 3. The quantitative estimate of drug-likeness (QED) is 0.324. The van der Waals surface area contributed by atoms with Crippen molar-refractivity contribution in [2.24, 2.45) is 11.8 Å². The molecule has 2 atom stereocenters. The van der Waals surface area contributed by atoms with E-state index in [-0.39, 0.29) is 40.5 Å². The van der Waals surface area contributed by atoms with Crippen LogP contribution in [0.15, 0.2) is 43.0 Å². The molecule has 0 bridgehead atoms. The standard InChI is InChI=1S/C27H22ClF3N8O2/c1-12-23(37-20(8-33-12)21-16(24(30)31)2-3-18(28)22(21)29)26(40)36-15-7-35-38(11-15)9-13-4-19(32)25(34-6-13)39-10-14-5-17(14)27(39)41/h2-4,6-8,11,14,17,24H,5,9-10,32H2,1H3,(H,36,40)/t14-,17-/m1/s1. The maximum atomic E-state index is 14.8. The first-order valence-electron chi connectivity index (χ1n) is 12.6. The number of halogens is 4. The third-order valence-electron chi connectivity index (χ3n) is 7.15. The molecular weight excluding hydrogens is 561 g/mol. The van der Waals surface area contributed by atoms with Crippen molar-refractivity contribution < 1.29 is 22.8 Å². The third-order valence-corrected chi connectivity index (χ3v) is 7.45. The average molecular weight is 583 g/mol. The van der Waals surface area contributed by atoms with Gasteiger partial charge in [0.2, 0.25) is 5.91 Å². The topological polar surface area (TPSA) is 132 Å². The highest BCUT2D eigenvalue weighted by Crippen LogP contribution is 2.47. The summed E-state index contributed by atoms with van der Waals surface area (Å²) in [5, 5.41) is 6.52. The van der Waals surface area contributed by atoms with Crippen LogP contribution in [0.2, 0.25) is 5.02 Å². The highest BCUT2D eigenvalue weighted by molar-refractivity contribution is 6.31. The SMILES string of the molecule is Cc1ncc(-c2c(C(F)F)ccc(Cl)c2F)nc1C(=O)Nc1cnn(Cc2cnc(N3C[C@H]4C[C@H]4C3=O)c(N)c2)c1. The zero-order chi connectivity index (χ0) is 29.0. The van der Waals surface area contributed by atoms with Gasteiger partial charge in [-0.2, -0.15) is 5.10 Å². The Hall–Kier alpha value is -4.52. The number of hydrogen-bond acceptors (Lipinski definition) is 7. The number of alkyl halides is 2. The number of nitrogen functional groups attached to an aromatic ring is 1. The number of carbonyl (C=O) groups is 2. The number of fused-ring (bicyclic) bond motifs is 1. The molecule has 1 aliphatic heterocycles. The van der Waals surface area contributed by atoms with Gasteiger partial charge in [0.05, 0.1) is 46.7 Å². The van der Waals surface area contributed by atoms with Gasteiger partial charge in [0.25, 0.3) is 12.3 Å². The number of amides is 2. The Bertz CT molecular complexity index is 1710. The number of carbonyl (C=O) groups excluding carboxylic acids is 2. The Kier molecular flexibility index (Phi) is 6.60. The minimum Gasteiger partial charge on any atom is -0.396 e. The van der Waals surface area contributed by atoms with Gasteiger partial charge < -0.3 is 11.1 Å². The van der Waals surface area contributed by atoms with Crippen molar-refractivity contribution in [3.8, 4) is 11.3 Å². The van der Waals surface area contributed by atoms with E-state index in [9.17, 15) is 22.8 Å². The largest absolute Gasteiger partial charge is 0.396 e. The lowest BCUT2D eigenvalue weighted by Crippen LogP contribution is -2.29. The Balaban J connectivity index is 1.18. The van der Waals surface area contributed by atoms with Crippen LogP contribution in [0.1, 0.15) is 40.2 Å². The number of nitrogens with two attached hydrogens (primary N) is 1. The summed E-state index contributed by atoms with van der Waals surface area (Å²) in [6.45, 7) is 2.43. The van der Waals surface area contributed by atoms with Crippen molar-refractivity contribution in [3.05, 3.63) is 76.3 Å². The van der Waals surface area contributed by atoms with Gasteiger partial charge in [0.1, 0.15) is 5.69 Å². The third kappa shape index (κ3) is 4.97. The second kappa shape index (κ2) is 10.1. The summed E-state index contributed by atoms with van der Waals surface area (Å²) in [7, 11) is 0. The van der Waals surface area contributed by atoms with Crippen molar-refractivity contribution in [3.63, 3.8) is 0 Å². The van der Waals surface area contributed by atoms with E-state index in [2.05, 4.69) is 25.4 Å². The number of nitrogens with one attached hydrogen (secondary N) is 1. The Morgan fingerprint density at radius 1 is 1.24 bits per heavy atom. The number of aromatic nitrogens is 5. The molecule has 0 unspecified atom stereocenters. The van der Waals surface area contributed by atoms with Crippen molar-refractivity contribution in [2.75, 3.05) is 22.5 Å². The van der Waals surface area contributed by atoms with Gasteiger partial charge in [-0.15, -0.1) is 0 Å². The normalized spacial score (nSPS) is 17.7. The molecule has 1 saturated heterocycles. The molecule has 3 N–H and O–H groups in total. The highest BCUT2D eigenvalue weighted by atomic mass is 35.5. The smallest absolute Gasteiger partial charge is 0.276 e. The van der Waals surface area contributed by atoms with Crippen molar-refractivity contribution >= 4 is 40.6 Å². The number of nitrogens with zero attached hydrogens (tertiary/aromatic N) is 6. The molecule has 1 saturated carbocycles. The van der Waals surface area contributed by atoms with E-state index in [4.69, 9.17) is 17.3 Å². The average Bonchev–Trinajstić information content (AvgIpc) is 3.46. The summed E-state index contributed by atoms with van der Waals surface area (Å²) in [5.74, 6) is -0.767. The maximum absolute atomic E-state index is 14.8. The molecule has 10 nitrogen and oxygen atoms in total. The maximum Gasteiger partial charge on any atom is 0.276 e. The summed E-state index contributed by atoms with van der Waals surface area (Å²) in [4.78, 5) is 39.6. The predicted molar refractivity (Wildman–Crippen MR) is 144 cm³/mol. The fourth-order valence-electron chi connectivity index (χ4n) is 4.98. The molecule has 2 amide bonds. The summed E-state index contributed by atoms with van der Waals surface area (Å²) < 4.78 is 43.5. The molecule has 2 aliphatic rings. The first-order valence-corrected chi connectivity index (χ1v) is 13.0. The second-order valence-electron chi connectivity index (χ2n) is 10.0. The van der Waals surface area contributed by atoms with E-state index < -0.39 is 29.3 Å². The lowest BCUT2D eigenvalue weighted by Gasteiger charge is -2.19. The Labute approximate surface area is 236 Å². The summed E-state index contributed by atoms with van der Waals surface area (Å²) in [6, 6.07) is 3.77. The molecule has 210 valence electrons. The van der Waals surface area contributed by atoms with Gasteiger partial charge in [-0.3, -0.25) is 24.2 Å². The zero-order valence-corrected chi connectivity index (χ0v) is 22.2. The van der Waals surface area contributed by atoms with Crippen LogP contribution in [0.5, 0.6) is 0 Å². The van der Waals surface area contributed by atoms with Crippen LogP contribution in [0.4, 0.5) is 30.4 Å². The number of benzene rings is 1. The minimum atomic E-state index is -3.00. The molecule has 41 heavy (non-hydrogen) atoms. The van der Waals surface area contributed by atoms with Crippen molar-refractivity contribution in [2.45, 2.75) is 26.3 Å². The fraction of sp³-hybridized carbons (Fsp3) is 0.259. The van der Waals surface area contributed by atoms with Gasteiger partial charge in [-0.05, 0) is 37.0 Å². The van der Waals surface area contributed by atoms with Crippen LogP contribution in [-0.2, 0) is 11.3 Å². The first-order chi connectivity index (χ1) is 19.6. The molecule has 4 heterocycles. The van der Waals surface area contributed by atoms with Crippen LogP contribution in [0.25, 0.3) is 11.3 Å². The molecule has 2 fully saturated rings. The Morgan fingerprint density at radius 3 is 2.76 bits per heavy atom. The summed E-state index contributed by atoms with van der Waals surface area (Å²) >= 11 is 5.82. The number of rotatable bonds is 7.